The van der Waals surface area contributed by atoms with E-state index >= 15 is 0 Å². The molecule has 1 unspecified atom stereocenters. The lowest BCUT2D eigenvalue weighted by Crippen LogP contribution is -1.90. The molecule has 0 aliphatic rings. The van der Waals surface area contributed by atoms with Crippen molar-refractivity contribution >= 4 is 11.8 Å². The van der Waals surface area contributed by atoms with Crippen LogP contribution in [0.5, 0.6) is 0 Å². The lowest BCUT2D eigenvalue weighted by Gasteiger charge is -2.11. The van der Waals surface area contributed by atoms with Gasteiger partial charge in [-0.15, -0.1) is 0 Å². The summed E-state index contributed by atoms with van der Waals surface area (Å²) in [6.07, 6.45) is 3.10. The minimum atomic E-state index is 0.561. The summed E-state index contributed by atoms with van der Waals surface area (Å²) in [4.78, 5) is 0. The van der Waals surface area contributed by atoms with E-state index in [9.17, 15) is 0 Å². The molecule has 1 aromatic rings. The summed E-state index contributed by atoms with van der Waals surface area (Å²) >= 11 is 1.87. The molecular formula is C11H15S. The summed E-state index contributed by atoms with van der Waals surface area (Å²) in [5, 5.41) is 0.561. The van der Waals surface area contributed by atoms with Crippen molar-refractivity contribution in [3.8, 4) is 0 Å². The maximum Gasteiger partial charge on any atom is 0.0294 e. The fourth-order valence-corrected chi connectivity index (χ4v) is 1.87. The van der Waals surface area contributed by atoms with E-state index in [-0.39, 0.29) is 0 Å². The standard InChI is InChI=1S/C11H15S/c1-4-11(12-3)10-7-5-9(2)6-8-10/h5-8,11H,1,4H2,2-3H3. The molecule has 1 aromatic carbocycles. The number of aryl methyl sites for hydroxylation is 1. The molecule has 0 aliphatic carbocycles. The lowest BCUT2D eigenvalue weighted by atomic mass is 10.1. The molecule has 0 spiro atoms. The lowest BCUT2D eigenvalue weighted by molar-refractivity contribution is 0.969. The van der Waals surface area contributed by atoms with Gasteiger partial charge in [0.15, 0.2) is 0 Å². The van der Waals surface area contributed by atoms with Crippen molar-refractivity contribution in [2.45, 2.75) is 18.6 Å². The molecule has 0 nitrogen and oxygen atoms in total. The molecule has 12 heavy (non-hydrogen) atoms. The van der Waals surface area contributed by atoms with Crippen molar-refractivity contribution in [2.75, 3.05) is 6.26 Å². The molecule has 0 amide bonds. The quantitative estimate of drug-likeness (QED) is 0.683. The topological polar surface area (TPSA) is 0 Å². The van der Waals surface area contributed by atoms with Gasteiger partial charge in [-0.2, -0.15) is 11.8 Å². The van der Waals surface area contributed by atoms with Gasteiger partial charge in [-0.3, -0.25) is 0 Å². The fraction of sp³-hybridized carbons (Fsp3) is 0.364. The molecule has 0 bridgehead atoms. The Balaban J connectivity index is 2.80. The Morgan fingerprint density at radius 3 is 2.33 bits per heavy atom. The Labute approximate surface area is 79.4 Å². The minimum absolute atomic E-state index is 0.561. The molecular weight excluding hydrogens is 164 g/mol. The largest absolute Gasteiger partial charge is 0.157 e. The third-order valence-electron chi connectivity index (χ3n) is 2.00. The van der Waals surface area contributed by atoms with Gasteiger partial charge in [-0.05, 0) is 25.2 Å². The van der Waals surface area contributed by atoms with E-state index in [1.54, 1.807) is 0 Å². The second-order valence-corrected chi connectivity index (χ2v) is 3.96. The van der Waals surface area contributed by atoms with Crippen LogP contribution in [-0.2, 0) is 0 Å². The van der Waals surface area contributed by atoms with Crippen LogP contribution in [0, 0.1) is 13.8 Å². The van der Waals surface area contributed by atoms with Crippen LogP contribution in [0.1, 0.15) is 22.8 Å². The minimum Gasteiger partial charge on any atom is -0.157 e. The Bertz CT molecular complexity index is 221. The first kappa shape index (κ1) is 9.66. The molecule has 1 rings (SSSR count). The zero-order valence-corrected chi connectivity index (χ0v) is 8.53. The number of thioether (sulfide) groups is 1. The first-order valence-corrected chi connectivity index (χ1v) is 5.45. The zero-order valence-electron chi connectivity index (χ0n) is 7.71. The van der Waals surface area contributed by atoms with Crippen LogP contribution in [-0.4, -0.2) is 6.26 Å². The van der Waals surface area contributed by atoms with Crippen LogP contribution < -0.4 is 0 Å². The van der Waals surface area contributed by atoms with Crippen LogP contribution >= 0.6 is 11.8 Å². The third kappa shape index (κ3) is 2.28. The van der Waals surface area contributed by atoms with E-state index in [4.69, 9.17) is 0 Å². The fourth-order valence-electron chi connectivity index (χ4n) is 1.20. The van der Waals surface area contributed by atoms with Crippen molar-refractivity contribution < 1.29 is 0 Å². The molecule has 0 saturated carbocycles. The van der Waals surface area contributed by atoms with Crippen LogP contribution in [0.2, 0.25) is 0 Å². The van der Waals surface area contributed by atoms with E-state index in [2.05, 4.69) is 44.4 Å². The average Bonchev–Trinajstić information content (AvgIpc) is 2.10. The second-order valence-electron chi connectivity index (χ2n) is 2.92. The van der Waals surface area contributed by atoms with Crippen LogP contribution in [0.3, 0.4) is 0 Å². The molecule has 1 radical (unpaired) electrons. The summed E-state index contributed by atoms with van der Waals surface area (Å²) in [6, 6.07) is 8.71. The van der Waals surface area contributed by atoms with E-state index < -0.39 is 0 Å². The highest BCUT2D eigenvalue weighted by molar-refractivity contribution is 7.98. The molecule has 0 aliphatic heterocycles. The summed E-state index contributed by atoms with van der Waals surface area (Å²) in [7, 11) is 0. The van der Waals surface area contributed by atoms with Crippen molar-refractivity contribution in [3.63, 3.8) is 0 Å². The maximum atomic E-state index is 3.93. The smallest absolute Gasteiger partial charge is 0.0294 e. The van der Waals surface area contributed by atoms with Crippen molar-refractivity contribution in [1.29, 1.82) is 0 Å². The number of benzene rings is 1. The van der Waals surface area contributed by atoms with Gasteiger partial charge >= 0.3 is 0 Å². The monoisotopic (exact) mass is 179 g/mol. The highest BCUT2D eigenvalue weighted by atomic mass is 32.2. The SMILES string of the molecule is [CH2]CC(SC)c1ccc(C)cc1. The molecule has 0 N–H and O–H groups in total. The summed E-state index contributed by atoms with van der Waals surface area (Å²) in [5.41, 5.74) is 2.71. The summed E-state index contributed by atoms with van der Waals surface area (Å²) in [5.74, 6) is 0. The molecule has 1 heteroatoms. The number of hydrogen-bond acceptors (Lipinski definition) is 1. The van der Waals surface area contributed by atoms with Gasteiger partial charge < -0.3 is 0 Å². The molecule has 0 heterocycles. The third-order valence-corrected chi connectivity index (χ3v) is 3.07. The maximum absolute atomic E-state index is 3.93. The molecule has 65 valence electrons. The van der Waals surface area contributed by atoms with Crippen molar-refractivity contribution in [1.82, 2.24) is 0 Å². The van der Waals surface area contributed by atoms with Gasteiger partial charge in [0.2, 0.25) is 0 Å². The van der Waals surface area contributed by atoms with Gasteiger partial charge in [0.25, 0.3) is 0 Å². The normalized spacial score (nSPS) is 12.9. The van der Waals surface area contributed by atoms with Gasteiger partial charge in [-0.25, -0.2) is 0 Å². The number of rotatable bonds is 3. The van der Waals surface area contributed by atoms with Crippen LogP contribution in [0.25, 0.3) is 0 Å². The Kier molecular flexibility index (Phi) is 3.67. The first-order valence-electron chi connectivity index (χ1n) is 4.16. The second kappa shape index (κ2) is 4.56. The van der Waals surface area contributed by atoms with Gasteiger partial charge in [0, 0.05) is 5.25 Å². The highest BCUT2D eigenvalue weighted by Crippen LogP contribution is 2.29. The first-order chi connectivity index (χ1) is 5.77. The van der Waals surface area contributed by atoms with E-state index in [1.807, 2.05) is 11.8 Å². The predicted octanol–water partition coefficient (Wildman–Crippen LogP) is 3.62. The van der Waals surface area contributed by atoms with Crippen molar-refractivity contribution in [2.24, 2.45) is 0 Å². The predicted molar refractivity (Wildman–Crippen MR) is 57.4 cm³/mol. The number of hydrogen-bond donors (Lipinski definition) is 0. The molecule has 0 aromatic heterocycles. The highest BCUT2D eigenvalue weighted by Gasteiger charge is 2.05. The molecule has 0 fully saturated rings. The summed E-state index contributed by atoms with van der Waals surface area (Å²) in [6.45, 7) is 6.05. The van der Waals surface area contributed by atoms with E-state index in [0.717, 1.165) is 6.42 Å². The van der Waals surface area contributed by atoms with Crippen molar-refractivity contribution in [3.05, 3.63) is 42.3 Å². The zero-order chi connectivity index (χ0) is 8.97. The van der Waals surface area contributed by atoms with Gasteiger partial charge in [0.05, 0.1) is 0 Å². The molecule has 1 atom stereocenters. The average molecular weight is 179 g/mol. The Hall–Kier alpha value is -0.430. The molecule has 0 saturated heterocycles. The Morgan fingerprint density at radius 1 is 1.33 bits per heavy atom. The summed E-state index contributed by atoms with van der Waals surface area (Å²) < 4.78 is 0. The van der Waals surface area contributed by atoms with Gasteiger partial charge in [-0.1, -0.05) is 36.8 Å². The van der Waals surface area contributed by atoms with Gasteiger partial charge in [0.1, 0.15) is 0 Å². The van der Waals surface area contributed by atoms with Crippen LogP contribution in [0.4, 0.5) is 0 Å². The van der Waals surface area contributed by atoms with E-state index in [0.29, 0.717) is 5.25 Å². The Morgan fingerprint density at radius 2 is 1.92 bits per heavy atom. The van der Waals surface area contributed by atoms with E-state index in [1.165, 1.54) is 11.1 Å². The van der Waals surface area contributed by atoms with Crippen LogP contribution in [0.15, 0.2) is 24.3 Å².